The molecule has 0 bridgehead atoms. The van der Waals surface area contributed by atoms with Crippen molar-refractivity contribution in [2.45, 2.75) is 24.6 Å². The van der Waals surface area contributed by atoms with E-state index >= 15 is 0 Å². The zero-order valence-corrected chi connectivity index (χ0v) is 10.7. The molecule has 0 radical (unpaired) electrons. The van der Waals surface area contributed by atoms with Gasteiger partial charge in [-0.15, -0.1) is 0 Å². The van der Waals surface area contributed by atoms with Crippen molar-refractivity contribution in [2.24, 2.45) is 0 Å². The maximum absolute atomic E-state index is 14.3. The fraction of sp³-hybridized carbons (Fsp3) is 0.636. The Balaban J connectivity index is 2.28. The Kier molecular flexibility index (Phi) is 4.13. The average molecular weight is 273 g/mol. The third kappa shape index (κ3) is 2.60. The van der Waals surface area contributed by atoms with Gasteiger partial charge in [0.2, 0.25) is 0 Å². The molecular formula is C11H16FN3O4. The topological polar surface area (TPSA) is 88.6 Å². The predicted molar refractivity (Wildman–Crippen MR) is 64.4 cm³/mol. The summed E-state index contributed by atoms with van der Waals surface area (Å²) in [4.78, 5) is 15.2. The lowest BCUT2D eigenvalue weighted by Crippen LogP contribution is -2.35. The zero-order chi connectivity index (χ0) is 14.0. The number of hydrogen-bond donors (Lipinski definition) is 1. The second-order valence-corrected chi connectivity index (χ2v) is 4.21. The first-order valence-electron chi connectivity index (χ1n) is 5.74. The quantitative estimate of drug-likeness (QED) is 0.812. The van der Waals surface area contributed by atoms with Crippen LogP contribution in [-0.2, 0) is 14.2 Å². The summed E-state index contributed by atoms with van der Waals surface area (Å²) in [5.41, 5.74) is 4.72. The lowest BCUT2D eigenvalue weighted by atomic mass is 10.1. The summed E-state index contributed by atoms with van der Waals surface area (Å²) in [7, 11) is 2.86. The van der Waals surface area contributed by atoms with Crippen LogP contribution in [0.25, 0.3) is 0 Å². The number of anilines is 1. The normalized spacial score (nSPS) is 30.7. The Morgan fingerprint density at radius 1 is 1.58 bits per heavy atom. The van der Waals surface area contributed by atoms with Crippen molar-refractivity contribution in [3.05, 3.63) is 22.7 Å². The summed E-state index contributed by atoms with van der Waals surface area (Å²) in [5, 5.41) is 0. The van der Waals surface area contributed by atoms with Crippen LogP contribution in [-0.4, -0.2) is 48.8 Å². The zero-order valence-electron chi connectivity index (χ0n) is 10.7. The van der Waals surface area contributed by atoms with Gasteiger partial charge in [0.25, 0.3) is 0 Å². The van der Waals surface area contributed by atoms with Crippen LogP contribution in [0.2, 0.25) is 0 Å². The molecule has 19 heavy (non-hydrogen) atoms. The molecule has 0 saturated carbocycles. The summed E-state index contributed by atoms with van der Waals surface area (Å²) in [6.45, 7) is 0.173. The molecule has 0 aliphatic carbocycles. The molecular weight excluding hydrogens is 257 g/mol. The summed E-state index contributed by atoms with van der Waals surface area (Å²) >= 11 is 0. The van der Waals surface area contributed by atoms with Gasteiger partial charge >= 0.3 is 5.69 Å². The van der Waals surface area contributed by atoms with Gasteiger partial charge in [-0.25, -0.2) is 9.18 Å². The number of hydrogen-bond acceptors (Lipinski definition) is 6. The minimum Gasteiger partial charge on any atom is -0.383 e. The Hall–Kier alpha value is -1.51. The van der Waals surface area contributed by atoms with E-state index in [1.807, 2.05) is 0 Å². The Labute approximate surface area is 109 Å². The molecule has 2 rings (SSSR count). The highest BCUT2D eigenvalue weighted by molar-refractivity contribution is 5.23. The standard InChI is InChI=1S/C11H16FN3O4/c1-17-5-6-9(18-2)8(12)10(19-6)15-4-3-7(13)14-11(15)16/h3-4,6,8-10H,5H2,1-2H3,(H2,13,14,16)/t6-,8?,9?,10-/m1/s1. The van der Waals surface area contributed by atoms with Gasteiger partial charge in [0.05, 0.1) is 6.61 Å². The van der Waals surface area contributed by atoms with Crippen LogP contribution in [0.15, 0.2) is 17.1 Å². The minimum atomic E-state index is -1.49. The first kappa shape index (κ1) is 13.9. The highest BCUT2D eigenvalue weighted by Crippen LogP contribution is 2.32. The number of aromatic nitrogens is 2. The summed E-state index contributed by atoms with van der Waals surface area (Å²) in [6, 6.07) is 1.41. The van der Waals surface area contributed by atoms with E-state index in [1.165, 1.54) is 26.5 Å². The van der Waals surface area contributed by atoms with Crippen LogP contribution in [0.1, 0.15) is 6.23 Å². The molecule has 0 spiro atoms. The monoisotopic (exact) mass is 273 g/mol. The van der Waals surface area contributed by atoms with Gasteiger partial charge in [-0.2, -0.15) is 4.98 Å². The van der Waals surface area contributed by atoms with E-state index in [9.17, 15) is 9.18 Å². The van der Waals surface area contributed by atoms with Crippen LogP contribution in [0.3, 0.4) is 0 Å². The fourth-order valence-corrected chi connectivity index (χ4v) is 2.12. The molecule has 1 aliphatic heterocycles. The van der Waals surface area contributed by atoms with Gasteiger partial charge in [-0.3, -0.25) is 4.57 Å². The maximum Gasteiger partial charge on any atom is 0.351 e. The Morgan fingerprint density at radius 2 is 2.32 bits per heavy atom. The molecule has 2 unspecified atom stereocenters. The average Bonchev–Trinajstić information content (AvgIpc) is 2.66. The predicted octanol–water partition coefficient (Wildman–Crippen LogP) is -0.278. The number of nitrogens with zero attached hydrogens (tertiary/aromatic N) is 2. The molecule has 106 valence electrons. The Bertz CT molecular complexity index is 495. The van der Waals surface area contributed by atoms with Crippen LogP contribution in [0.4, 0.5) is 10.2 Å². The summed E-state index contributed by atoms with van der Waals surface area (Å²) in [5.74, 6) is 0.0754. The molecule has 0 amide bonds. The molecule has 1 aliphatic rings. The van der Waals surface area contributed by atoms with E-state index in [2.05, 4.69) is 4.98 Å². The highest BCUT2D eigenvalue weighted by Gasteiger charge is 2.46. The Morgan fingerprint density at radius 3 is 2.89 bits per heavy atom. The van der Waals surface area contributed by atoms with E-state index < -0.39 is 30.3 Å². The maximum atomic E-state index is 14.3. The number of rotatable bonds is 4. The number of methoxy groups -OCH3 is 2. The van der Waals surface area contributed by atoms with E-state index in [4.69, 9.17) is 19.9 Å². The third-order valence-electron chi connectivity index (χ3n) is 3.00. The van der Waals surface area contributed by atoms with Crippen molar-refractivity contribution >= 4 is 5.82 Å². The number of ether oxygens (including phenoxy) is 3. The molecule has 1 aromatic heterocycles. The second-order valence-electron chi connectivity index (χ2n) is 4.21. The first-order chi connectivity index (χ1) is 9.08. The molecule has 2 N–H and O–H groups in total. The first-order valence-corrected chi connectivity index (χ1v) is 5.74. The molecule has 1 saturated heterocycles. The van der Waals surface area contributed by atoms with Crippen molar-refractivity contribution in [3.8, 4) is 0 Å². The number of nitrogens with two attached hydrogens (primary N) is 1. The van der Waals surface area contributed by atoms with Crippen LogP contribution in [0.5, 0.6) is 0 Å². The van der Waals surface area contributed by atoms with Gasteiger partial charge in [0.15, 0.2) is 12.4 Å². The van der Waals surface area contributed by atoms with Crippen molar-refractivity contribution in [1.29, 1.82) is 0 Å². The summed E-state index contributed by atoms with van der Waals surface area (Å²) < 4.78 is 30.8. The van der Waals surface area contributed by atoms with Crippen LogP contribution in [0, 0.1) is 0 Å². The SMILES string of the molecule is COC[C@H]1O[C@@H](n2ccc(N)nc2=O)C(F)C1OC. The molecule has 4 atom stereocenters. The largest absolute Gasteiger partial charge is 0.383 e. The molecule has 8 heteroatoms. The smallest absolute Gasteiger partial charge is 0.351 e. The molecule has 0 aromatic carbocycles. The van der Waals surface area contributed by atoms with Crippen molar-refractivity contribution in [1.82, 2.24) is 9.55 Å². The van der Waals surface area contributed by atoms with Gasteiger partial charge in [-0.1, -0.05) is 0 Å². The van der Waals surface area contributed by atoms with Crippen molar-refractivity contribution in [3.63, 3.8) is 0 Å². The molecule has 7 nitrogen and oxygen atoms in total. The van der Waals surface area contributed by atoms with Gasteiger partial charge < -0.3 is 19.9 Å². The lowest BCUT2D eigenvalue weighted by molar-refractivity contribution is -0.0624. The molecule has 1 aromatic rings. The van der Waals surface area contributed by atoms with Crippen molar-refractivity contribution < 1.29 is 18.6 Å². The minimum absolute atomic E-state index is 0.0754. The third-order valence-corrected chi connectivity index (χ3v) is 3.00. The van der Waals surface area contributed by atoms with Gasteiger partial charge in [0.1, 0.15) is 18.0 Å². The van der Waals surface area contributed by atoms with E-state index in [0.717, 1.165) is 4.57 Å². The van der Waals surface area contributed by atoms with Crippen LogP contribution >= 0.6 is 0 Å². The number of alkyl halides is 1. The fourth-order valence-electron chi connectivity index (χ4n) is 2.12. The van der Waals surface area contributed by atoms with Crippen molar-refractivity contribution in [2.75, 3.05) is 26.6 Å². The highest BCUT2D eigenvalue weighted by atomic mass is 19.1. The van der Waals surface area contributed by atoms with E-state index in [-0.39, 0.29) is 12.4 Å². The van der Waals surface area contributed by atoms with Gasteiger partial charge in [-0.05, 0) is 6.07 Å². The summed E-state index contributed by atoms with van der Waals surface area (Å²) in [6.07, 6.45) is -2.61. The lowest BCUT2D eigenvalue weighted by Gasteiger charge is -2.16. The van der Waals surface area contributed by atoms with E-state index in [0.29, 0.717) is 0 Å². The van der Waals surface area contributed by atoms with E-state index in [1.54, 1.807) is 0 Å². The molecule has 2 heterocycles. The molecule has 1 fully saturated rings. The number of nitrogen functional groups attached to an aromatic ring is 1. The number of halogens is 1. The van der Waals surface area contributed by atoms with Gasteiger partial charge in [0, 0.05) is 20.4 Å². The second kappa shape index (κ2) is 5.64. The van der Waals surface area contributed by atoms with Crippen LogP contribution < -0.4 is 11.4 Å².